The van der Waals surface area contributed by atoms with Gasteiger partial charge in [-0.3, -0.25) is 0 Å². The van der Waals surface area contributed by atoms with Crippen LogP contribution in [0.15, 0.2) is 42.5 Å². The first-order valence-corrected chi connectivity index (χ1v) is 6.41. The van der Waals surface area contributed by atoms with Crippen molar-refractivity contribution < 1.29 is 8.85 Å². The monoisotopic (exact) mass is 218 g/mol. The van der Waals surface area contributed by atoms with Crippen LogP contribution in [0.25, 0.3) is 10.8 Å². The number of benzene rings is 2. The summed E-state index contributed by atoms with van der Waals surface area (Å²) in [6.07, 6.45) is 0. The quantitative estimate of drug-likeness (QED) is 0.728. The summed E-state index contributed by atoms with van der Waals surface area (Å²) in [5.74, 6) is 0. The van der Waals surface area contributed by atoms with E-state index in [1.165, 1.54) is 16.0 Å². The highest BCUT2D eigenvalue weighted by Crippen LogP contribution is 2.11. The summed E-state index contributed by atoms with van der Waals surface area (Å²) in [6.45, 7) is 0. The lowest BCUT2D eigenvalue weighted by molar-refractivity contribution is 0.292. The van der Waals surface area contributed by atoms with E-state index in [1.807, 2.05) is 12.1 Å². The molecule has 15 heavy (non-hydrogen) atoms. The summed E-state index contributed by atoms with van der Waals surface area (Å²) in [5.41, 5.74) is 0. The number of rotatable bonds is 3. The second kappa shape index (κ2) is 4.57. The van der Waals surface area contributed by atoms with Gasteiger partial charge in [-0.05, 0) is 16.0 Å². The fraction of sp³-hybridized carbons (Fsp3) is 0.167. The molecule has 2 aromatic carbocycles. The van der Waals surface area contributed by atoms with Crippen molar-refractivity contribution in [2.75, 3.05) is 14.2 Å². The first kappa shape index (κ1) is 10.4. The molecular weight excluding hydrogens is 204 g/mol. The predicted octanol–water partition coefficient (Wildman–Crippen LogP) is 1.56. The Bertz CT molecular complexity index is 452. The molecule has 0 atom stereocenters. The lowest BCUT2D eigenvalue weighted by Crippen LogP contribution is -2.34. The van der Waals surface area contributed by atoms with Crippen LogP contribution in [0.1, 0.15) is 0 Å². The summed E-state index contributed by atoms with van der Waals surface area (Å²) in [6, 6.07) is 14.7. The van der Waals surface area contributed by atoms with Crippen molar-refractivity contribution in [1.29, 1.82) is 0 Å². The normalized spacial score (nSPS) is 11.1. The van der Waals surface area contributed by atoms with Crippen molar-refractivity contribution in [3.8, 4) is 0 Å². The summed E-state index contributed by atoms with van der Waals surface area (Å²) in [4.78, 5) is 0. The van der Waals surface area contributed by atoms with Crippen LogP contribution in [0.4, 0.5) is 0 Å². The van der Waals surface area contributed by atoms with E-state index in [2.05, 4.69) is 30.3 Å². The fourth-order valence-electron chi connectivity index (χ4n) is 1.72. The zero-order valence-corrected chi connectivity index (χ0v) is 10.1. The molecule has 0 unspecified atom stereocenters. The van der Waals surface area contributed by atoms with Crippen LogP contribution in [-0.4, -0.2) is 23.5 Å². The number of hydrogen-bond acceptors (Lipinski definition) is 2. The van der Waals surface area contributed by atoms with Crippen LogP contribution in [0.5, 0.6) is 0 Å². The highest BCUT2D eigenvalue weighted by molar-refractivity contribution is 6.61. The molecule has 0 aliphatic carbocycles. The molecule has 0 aliphatic heterocycles. The Morgan fingerprint density at radius 3 is 2.20 bits per heavy atom. The van der Waals surface area contributed by atoms with E-state index in [1.54, 1.807) is 14.2 Å². The molecule has 0 heterocycles. The lowest BCUT2D eigenvalue weighted by Gasteiger charge is -2.11. The second-order valence-corrected chi connectivity index (χ2v) is 5.68. The summed E-state index contributed by atoms with van der Waals surface area (Å²) in [5, 5.41) is 3.67. The molecule has 2 rings (SSSR count). The lowest BCUT2D eigenvalue weighted by atomic mass is 10.1. The van der Waals surface area contributed by atoms with Gasteiger partial charge in [-0.1, -0.05) is 42.5 Å². The van der Waals surface area contributed by atoms with E-state index >= 15 is 0 Å². The maximum absolute atomic E-state index is 5.35. The van der Waals surface area contributed by atoms with Gasteiger partial charge in [0.05, 0.1) is 0 Å². The van der Waals surface area contributed by atoms with Gasteiger partial charge < -0.3 is 8.85 Å². The molecule has 78 valence electrons. The van der Waals surface area contributed by atoms with E-state index < -0.39 is 9.28 Å². The average Bonchev–Trinajstić information content (AvgIpc) is 2.30. The summed E-state index contributed by atoms with van der Waals surface area (Å²) >= 11 is 0. The summed E-state index contributed by atoms with van der Waals surface area (Å²) < 4.78 is 10.7. The van der Waals surface area contributed by atoms with E-state index in [0.717, 1.165) is 0 Å². The molecule has 0 N–H and O–H groups in total. The third-order valence-electron chi connectivity index (χ3n) is 2.47. The van der Waals surface area contributed by atoms with Crippen LogP contribution in [0.3, 0.4) is 0 Å². The molecule has 0 bridgehead atoms. The van der Waals surface area contributed by atoms with Crippen LogP contribution in [0, 0.1) is 0 Å². The van der Waals surface area contributed by atoms with E-state index in [0.29, 0.717) is 0 Å². The zero-order chi connectivity index (χ0) is 10.7. The Balaban J connectivity index is 2.46. The fourth-order valence-corrected chi connectivity index (χ4v) is 3.03. The largest absolute Gasteiger partial charge is 0.397 e. The Labute approximate surface area is 91.3 Å². The van der Waals surface area contributed by atoms with Gasteiger partial charge in [-0.15, -0.1) is 0 Å². The Hall–Kier alpha value is -1.16. The minimum atomic E-state index is -1.66. The van der Waals surface area contributed by atoms with Crippen molar-refractivity contribution in [2.24, 2.45) is 0 Å². The van der Waals surface area contributed by atoms with Crippen LogP contribution in [0.2, 0.25) is 0 Å². The first-order valence-electron chi connectivity index (χ1n) is 4.89. The molecule has 0 saturated carbocycles. The van der Waals surface area contributed by atoms with Crippen molar-refractivity contribution in [1.82, 2.24) is 0 Å². The van der Waals surface area contributed by atoms with Gasteiger partial charge in [0, 0.05) is 14.2 Å². The Morgan fingerprint density at radius 1 is 0.867 bits per heavy atom. The van der Waals surface area contributed by atoms with Crippen LogP contribution >= 0.6 is 0 Å². The van der Waals surface area contributed by atoms with Gasteiger partial charge in [0.15, 0.2) is 0 Å². The number of fused-ring (bicyclic) bond motifs is 1. The van der Waals surface area contributed by atoms with Crippen molar-refractivity contribution in [3.05, 3.63) is 42.5 Å². The predicted molar refractivity (Wildman–Crippen MR) is 64.7 cm³/mol. The maximum atomic E-state index is 5.35. The van der Waals surface area contributed by atoms with Gasteiger partial charge in [-0.2, -0.15) is 0 Å². The number of hydrogen-bond donors (Lipinski definition) is 0. The van der Waals surface area contributed by atoms with E-state index in [9.17, 15) is 0 Å². The van der Waals surface area contributed by atoms with E-state index in [4.69, 9.17) is 8.85 Å². The molecular formula is C12H14O2Si. The SMILES string of the molecule is CO[SiH](OC)c1ccc2ccccc2c1. The average molecular weight is 218 g/mol. The van der Waals surface area contributed by atoms with Crippen LogP contribution in [-0.2, 0) is 8.85 Å². The molecule has 2 aromatic rings. The Morgan fingerprint density at radius 2 is 1.53 bits per heavy atom. The molecule has 3 heteroatoms. The van der Waals surface area contributed by atoms with Gasteiger partial charge in [0.1, 0.15) is 0 Å². The minimum absolute atomic E-state index is 1.18. The molecule has 0 radical (unpaired) electrons. The highest BCUT2D eigenvalue weighted by atomic mass is 28.3. The maximum Gasteiger partial charge on any atom is 0.355 e. The van der Waals surface area contributed by atoms with Crippen molar-refractivity contribution >= 4 is 25.2 Å². The minimum Gasteiger partial charge on any atom is -0.397 e. The van der Waals surface area contributed by atoms with Gasteiger partial charge in [0.2, 0.25) is 0 Å². The molecule has 0 amide bonds. The van der Waals surface area contributed by atoms with E-state index in [-0.39, 0.29) is 0 Å². The molecule has 0 aliphatic rings. The molecule has 0 aromatic heterocycles. The topological polar surface area (TPSA) is 18.5 Å². The third kappa shape index (κ3) is 2.09. The molecule has 2 nitrogen and oxygen atoms in total. The van der Waals surface area contributed by atoms with Gasteiger partial charge >= 0.3 is 9.28 Å². The van der Waals surface area contributed by atoms with Gasteiger partial charge in [0.25, 0.3) is 0 Å². The first-order chi connectivity index (χ1) is 7.35. The van der Waals surface area contributed by atoms with Crippen molar-refractivity contribution in [3.63, 3.8) is 0 Å². The van der Waals surface area contributed by atoms with Crippen molar-refractivity contribution in [2.45, 2.75) is 0 Å². The van der Waals surface area contributed by atoms with Crippen LogP contribution < -0.4 is 5.19 Å². The molecule has 0 spiro atoms. The molecule has 0 fully saturated rings. The smallest absolute Gasteiger partial charge is 0.355 e. The Kier molecular flexibility index (Phi) is 3.16. The zero-order valence-electron chi connectivity index (χ0n) is 8.94. The molecule has 0 saturated heterocycles. The highest BCUT2D eigenvalue weighted by Gasteiger charge is 2.12. The third-order valence-corrected chi connectivity index (χ3v) is 4.23. The van der Waals surface area contributed by atoms with Gasteiger partial charge in [-0.25, -0.2) is 0 Å². The summed E-state index contributed by atoms with van der Waals surface area (Å²) in [7, 11) is 1.75. The standard InChI is InChI=1S/C12H14O2Si/c1-13-15(14-2)12-8-7-10-5-3-4-6-11(10)9-12/h3-9,15H,1-2H3. The second-order valence-electron chi connectivity index (χ2n) is 3.41.